The number of para-hydroxylation sites is 1. The first kappa shape index (κ1) is 18.5. The number of hydrogen-bond donors (Lipinski definition) is 3. The fraction of sp³-hybridized carbons (Fsp3) is 0.105. The third-order valence-corrected chi connectivity index (χ3v) is 5.38. The van der Waals surface area contributed by atoms with Crippen molar-refractivity contribution >= 4 is 37.0 Å². The molecule has 3 aromatic carbocycles. The molecule has 0 saturated heterocycles. The standard InChI is InChI=1S/C17H15N3O2S.C2H6/c18-14-9-4-8-13(16(14)19)17(20)23(21,22)15-10-3-6-11-5-1-2-7-12(11)15;1-2/h1-10,20H,18-19H2;1-2H3. The van der Waals surface area contributed by atoms with Crippen LogP contribution >= 0.6 is 0 Å². The Hall–Kier alpha value is -2.86. The summed E-state index contributed by atoms with van der Waals surface area (Å²) in [6, 6.07) is 16.7. The number of fused-ring (bicyclic) bond motifs is 1. The summed E-state index contributed by atoms with van der Waals surface area (Å²) in [6.07, 6.45) is 0. The van der Waals surface area contributed by atoms with Crippen LogP contribution in [0.4, 0.5) is 11.4 Å². The number of nitrogen functional groups attached to an aromatic ring is 2. The zero-order valence-electron chi connectivity index (χ0n) is 14.2. The highest BCUT2D eigenvalue weighted by Gasteiger charge is 2.26. The topological polar surface area (TPSA) is 110 Å². The molecule has 0 saturated carbocycles. The molecule has 0 aromatic heterocycles. The van der Waals surface area contributed by atoms with Gasteiger partial charge in [-0.3, -0.25) is 5.41 Å². The van der Waals surface area contributed by atoms with E-state index >= 15 is 0 Å². The summed E-state index contributed by atoms with van der Waals surface area (Å²) in [4.78, 5) is 0.0856. The van der Waals surface area contributed by atoms with Crippen LogP contribution in [-0.2, 0) is 9.84 Å². The largest absolute Gasteiger partial charge is 0.397 e. The van der Waals surface area contributed by atoms with E-state index in [0.29, 0.717) is 5.39 Å². The molecule has 0 aliphatic rings. The molecule has 3 rings (SSSR count). The van der Waals surface area contributed by atoms with Crippen molar-refractivity contribution in [1.29, 1.82) is 5.41 Å². The number of hydrogen-bond acceptors (Lipinski definition) is 5. The molecular formula is C19H21N3O2S. The molecule has 0 bridgehead atoms. The van der Waals surface area contributed by atoms with Gasteiger partial charge in [-0.1, -0.05) is 56.3 Å². The van der Waals surface area contributed by atoms with E-state index in [0.717, 1.165) is 5.39 Å². The summed E-state index contributed by atoms with van der Waals surface area (Å²) < 4.78 is 25.8. The molecule has 3 aromatic rings. The molecular weight excluding hydrogens is 334 g/mol. The molecule has 0 aliphatic heterocycles. The molecule has 0 spiro atoms. The van der Waals surface area contributed by atoms with Crippen molar-refractivity contribution in [2.45, 2.75) is 18.7 Å². The lowest BCUT2D eigenvalue weighted by Crippen LogP contribution is -2.18. The minimum Gasteiger partial charge on any atom is -0.397 e. The lowest BCUT2D eigenvalue weighted by Gasteiger charge is -2.12. The Balaban J connectivity index is 0.00000109. The molecule has 0 atom stereocenters. The van der Waals surface area contributed by atoms with Gasteiger partial charge >= 0.3 is 0 Å². The monoisotopic (exact) mass is 355 g/mol. The Kier molecular flexibility index (Phi) is 5.44. The molecule has 0 fully saturated rings. The summed E-state index contributed by atoms with van der Waals surface area (Å²) in [6.45, 7) is 4.00. The average Bonchev–Trinajstić information content (AvgIpc) is 2.64. The number of nitrogens with two attached hydrogens (primary N) is 2. The van der Waals surface area contributed by atoms with E-state index in [2.05, 4.69) is 0 Å². The van der Waals surface area contributed by atoms with Crippen LogP contribution < -0.4 is 11.5 Å². The van der Waals surface area contributed by atoms with Crippen LogP contribution in [0.5, 0.6) is 0 Å². The molecule has 0 aliphatic carbocycles. The highest BCUT2D eigenvalue weighted by Crippen LogP contribution is 2.28. The second kappa shape index (κ2) is 7.36. The first-order valence-electron chi connectivity index (χ1n) is 7.88. The predicted molar refractivity (Wildman–Crippen MR) is 105 cm³/mol. The molecule has 6 heteroatoms. The fourth-order valence-corrected chi connectivity index (χ4v) is 3.89. The summed E-state index contributed by atoms with van der Waals surface area (Å²) in [5.74, 6) is 0. The van der Waals surface area contributed by atoms with Crippen LogP contribution in [0.15, 0.2) is 65.6 Å². The smallest absolute Gasteiger partial charge is 0.224 e. The van der Waals surface area contributed by atoms with Crippen LogP contribution in [0, 0.1) is 5.41 Å². The Morgan fingerprint density at radius 2 is 1.48 bits per heavy atom. The van der Waals surface area contributed by atoms with Crippen molar-refractivity contribution in [2.75, 3.05) is 11.5 Å². The second-order valence-electron chi connectivity index (χ2n) is 5.12. The Morgan fingerprint density at radius 1 is 0.880 bits per heavy atom. The predicted octanol–water partition coefficient (Wildman–Crippen LogP) is 3.83. The first-order valence-corrected chi connectivity index (χ1v) is 9.37. The Bertz CT molecular complexity index is 1020. The Morgan fingerprint density at radius 3 is 2.20 bits per heavy atom. The normalized spacial score (nSPS) is 10.8. The van der Waals surface area contributed by atoms with Crippen molar-refractivity contribution in [3.8, 4) is 0 Å². The zero-order valence-corrected chi connectivity index (χ0v) is 15.0. The van der Waals surface area contributed by atoms with Gasteiger partial charge in [0.1, 0.15) is 0 Å². The summed E-state index contributed by atoms with van der Waals surface area (Å²) in [7, 11) is -4.01. The molecule has 0 radical (unpaired) electrons. The Labute approximate surface area is 147 Å². The minimum atomic E-state index is -4.01. The van der Waals surface area contributed by atoms with Crippen molar-refractivity contribution < 1.29 is 8.42 Å². The van der Waals surface area contributed by atoms with Crippen molar-refractivity contribution in [3.05, 3.63) is 66.2 Å². The van der Waals surface area contributed by atoms with Crippen molar-refractivity contribution in [1.82, 2.24) is 0 Å². The maximum Gasteiger partial charge on any atom is 0.224 e. The summed E-state index contributed by atoms with van der Waals surface area (Å²) in [5.41, 5.74) is 12.0. The number of benzene rings is 3. The van der Waals surface area contributed by atoms with Gasteiger partial charge in [0.05, 0.1) is 16.3 Å². The van der Waals surface area contributed by atoms with E-state index in [9.17, 15) is 8.42 Å². The van der Waals surface area contributed by atoms with Crippen LogP contribution in [0.1, 0.15) is 19.4 Å². The van der Waals surface area contributed by atoms with Gasteiger partial charge < -0.3 is 11.5 Å². The summed E-state index contributed by atoms with van der Waals surface area (Å²) in [5, 5.41) is 8.97. The van der Waals surface area contributed by atoms with Gasteiger partial charge in [0, 0.05) is 10.9 Å². The third kappa shape index (κ3) is 3.34. The number of sulfone groups is 1. The summed E-state index contributed by atoms with van der Waals surface area (Å²) >= 11 is 0. The van der Waals surface area contributed by atoms with Crippen LogP contribution in [0.2, 0.25) is 0 Å². The van der Waals surface area contributed by atoms with Gasteiger partial charge in [0.2, 0.25) is 9.84 Å². The minimum absolute atomic E-state index is 0.0856. The van der Waals surface area contributed by atoms with E-state index in [1.54, 1.807) is 30.3 Å². The SMILES string of the molecule is CC.N=C(c1cccc(N)c1N)S(=O)(=O)c1cccc2ccccc12. The van der Waals surface area contributed by atoms with E-state index in [1.165, 1.54) is 12.1 Å². The zero-order chi connectivity index (χ0) is 18.6. The van der Waals surface area contributed by atoms with Crippen molar-refractivity contribution in [3.63, 3.8) is 0 Å². The molecule has 5 nitrogen and oxygen atoms in total. The molecule has 130 valence electrons. The molecule has 0 amide bonds. The lowest BCUT2D eigenvalue weighted by molar-refractivity contribution is 0.608. The molecule has 0 heterocycles. The molecule has 5 N–H and O–H groups in total. The van der Waals surface area contributed by atoms with Gasteiger partial charge in [0.25, 0.3) is 0 Å². The van der Waals surface area contributed by atoms with E-state index in [1.807, 2.05) is 32.0 Å². The van der Waals surface area contributed by atoms with E-state index in [-0.39, 0.29) is 21.8 Å². The van der Waals surface area contributed by atoms with Crippen molar-refractivity contribution in [2.24, 2.45) is 0 Å². The van der Waals surface area contributed by atoms with Crippen LogP contribution in [0.3, 0.4) is 0 Å². The highest BCUT2D eigenvalue weighted by atomic mass is 32.2. The number of anilines is 2. The maximum atomic E-state index is 12.9. The molecule has 0 unspecified atom stereocenters. The quantitative estimate of drug-likeness (QED) is 0.368. The average molecular weight is 355 g/mol. The van der Waals surface area contributed by atoms with Gasteiger partial charge in [-0.05, 0) is 23.6 Å². The van der Waals surface area contributed by atoms with Gasteiger partial charge in [-0.2, -0.15) is 0 Å². The van der Waals surface area contributed by atoms with Gasteiger partial charge in [-0.25, -0.2) is 8.42 Å². The maximum absolute atomic E-state index is 12.9. The number of nitrogens with one attached hydrogen (secondary N) is 1. The second-order valence-corrected chi connectivity index (χ2v) is 6.97. The van der Waals surface area contributed by atoms with Gasteiger partial charge in [0.15, 0.2) is 5.04 Å². The van der Waals surface area contributed by atoms with E-state index < -0.39 is 14.9 Å². The molecule has 25 heavy (non-hydrogen) atoms. The van der Waals surface area contributed by atoms with Gasteiger partial charge in [-0.15, -0.1) is 0 Å². The van der Waals surface area contributed by atoms with E-state index in [4.69, 9.17) is 16.9 Å². The number of rotatable bonds is 2. The lowest BCUT2D eigenvalue weighted by atomic mass is 10.1. The third-order valence-electron chi connectivity index (χ3n) is 3.69. The van der Waals surface area contributed by atoms with Crippen LogP contribution in [0.25, 0.3) is 10.8 Å². The van der Waals surface area contributed by atoms with Crippen LogP contribution in [-0.4, -0.2) is 13.5 Å². The fourth-order valence-electron chi connectivity index (χ4n) is 2.47. The highest BCUT2D eigenvalue weighted by molar-refractivity contribution is 8.07. The first-order chi connectivity index (χ1) is 11.9.